The third-order valence-corrected chi connectivity index (χ3v) is 11.5. The van der Waals surface area contributed by atoms with Crippen molar-refractivity contribution in [3.8, 4) is 0 Å². The van der Waals surface area contributed by atoms with E-state index in [4.69, 9.17) is 42.6 Å². The largest absolute Gasteiger partial charge is 0.479 e. The van der Waals surface area contributed by atoms with Gasteiger partial charge in [0.2, 0.25) is 0 Å². The van der Waals surface area contributed by atoms with E-state index in [1.165, 1.54) is 66.7 Å². The van der Waals surface area contributed by atoms with Crippen molar-refractivity contribution in [2.45, 2.75) is 96.0 Å². The molecule has 0 spiro atoms. The van der Waals surface area contributed by atoms with Crippen LogP contribution in [0.25, 0.3) is 0 Å². The van der Waals surface area contributed by atoms with Crippen LogP contribution in [0.4, 0.5) is 0 Å². The number of aliphatic carboxylic acids is 1. The summed E-state index contributed by atoms with van der Waals surface area (Å²) in [6.45, 7) is 10.2. The Balaban J connectivity index is 1.42. The molecular formula is C51H49NO18. The molecule has 3 heterocycles. The fraction of sp³-hybridized carbons (Fsp3) is 0.333. The van der Waals surface area contributed by atoms with E-state index < -0.39 is 116 Å². The molecule has 19 heteroatoms. The maximum absolute atomic E-state index is 14.4. The van der Waals surface area contributed by atoms with Crippen LogP contribution in [0, 0.1) is 20.8 Å². The summed E-state index contributed by atoms with van der Waals surface area (Å²) in [6, 6.07) is 22.2. The second-order valence-electron chi connectivity index (χ2n) is 16.6. The van der Waals surface area contributed by atoms with Crippen LogP contribution >= 0.6 is 0 Å². The summed E-state index contributed by atoms with van der Waals surface area (Å²) < 4.78 is 54.3. The van der Waals surface area contributed by atoms with Gasteiger partial charge >= 0.3 is 35.8 Å². The maximum atomic E-state index is 14.4. The molecule has 366 valence electrons. The zero-order chi connectivity index (χ0) is 50.4. The second kappa shape index (κ2) is 21.8. The van der Waals surface area contributed by atoms with Crippen LogP contribution in [0.3, 0.4) is 0 Å². The van der Waals surface area contributed by atoms with E-state index in [0.717, 1.165) is 35.4 Å². The standard InChI is InChI=1S/C51H49NO18/c1-7-24-62-50-37(52-44(55)34-10-8-9-11-35(34)45(52)56)39(38(64-30(6)54)36(65-50)25-63-29(5)53)69-51-43(68-49(61)33-22-16-28(4)17-23-33)41(67-48(60)32-20-14-27(3)15-21-32)40(42(70-51)46(57)58)66-47(59)31-18-12-26(2)13-19-31/h7-23,36-43,50-51H,1,24-25H2,2-6H3,(H,57,58)/t36-,37-,38+,39-,40+,41+,42+,43-,50-,51-/m1/s1. The van der Waals surface area contributed by atoms with Gasteiger partial charge in [0, 0.05) is 13.8 Å². The zero-order valence-corrected chi connectivity index (χ0v) is 38.5. The molecule has 70 heavy (non-hydrogen) atoms. The van der Waals surface area contributed by atoms with Gasteiger partial charge < -0.3 is 47.7 Å². The summed E-state index contributed by atoms with van der Waals surface area (Å²) in [7, 11) is 0. The van der Waals surface area contributed by atoms with Crippen LogP contribution in [-0.4, -0.2) is 132 Å². The lowest BCUT2D eigenvalue weighted by molar-refractivity contribution is -0.343. The van der Waals surface area contributed by atoms with Crippen LogP contribution < -0.4 is 0 Å². The Bertz CT molecular complexity index is 2610. The number of carboxylic acid groups (broad SMARTS) is 1. The van der Waals surface area contributed by atoms with E-state index in [1.807, 2.05) is 0 Å². The summed E-state index contributed by atoms with van der Waals surface area (Å²) >= 11 is 0. The van der Waals surface area contributed by atoms with E-state index in [0.29, 0.717) is 0 Å². The fourth-order valence-electron chi connectivity index (χ4n) is 8.07. The summed E-state index contributed by atoms with van der Waals surface area (Å²) in [5, 5.41) is 10.9. The Morgan fingerprint density at radius 1 is 0.600 bits per heavy atom. The van der Waals surface area contributed by atoms with E-state index in [1.54, 1.807) is 57.2 Å². The monoisotopic (exact) mass is 963 g/mol. The highest BCUT2D eigenvalue weighted by Crippen LogP contribution is 2.39. The van der Waals surface area contributed by atoms with Gasteiger partial charge in [0.25, 0.3) is 11.8 Å². The molecule has 3 aliphatic rings. The first-order chi connectivity index (χ1) is 33.4. The number of hydrogen-bond acceptors (Lipinski definition) is 17. The van der Waals surface area contributed by atoms with Crippen LogP contribution in [0.5, 0.6) is 0 Å². The Hall–Kier alpha value is -7.58. The number of imide groups is 1. The first-order valence-corrected chi connectivity index (χ1v) is 22.0. The average Bonchev–Trinajstić information content (AvgIpc) is 3.57. The lowest BCUT2D eigenvalue weighted by Gasteiger charge is -2.50. The maximum Gasteiger partial charge on any atom is 0.338 e. The number of aryl methyl sites for hydroxylation is 3. The molecule has 2 fully saturated rings. The van der Waals surface area contributed by atoms with Crippen LogP contribution in [-0.2, 0) is 57.0 Å². The minimum absolute atomic E-state index is 0.0362. The lowest BCUT2D eigenvalue weighted by atomic mass is 9.93. The van der Waals surface area contributed by atoms with Gasteiger partial charge in [-0.3, -0.25) is 24.1 Å². The number of carbonyl (C=O) groups is 8. The van der Waals surface area contributed by atoms with Crippen molar-refractivity contribution < 1.29 is 86.1 Å². The number of amides is 2. The number of benzene rings is 4. The molecule has 0 radical (unpaired) electrons. The number of nitrogens with zero attached hydrogens (tertiary/aromatic N) is 1. The molecule has 0 bridgehead atoms. The normalized spacial score (nSPS) is 25.0. The quantitative estimate of drug-likeness (QED) is 0.0681. The molecule has 0 aliphatic carbocycles. The number of carbonyl (C=O) groups excluding carboxylic acids is 7. The van der Waals surface area contributed by atoms with Crippen molar-refractivity contribution in [2.24, 2.45) is 0 Å². The van der Waals surface area contributed by atoms with Crippen molar-refractivity contribution in [3.63, 3.8) is 0 Å². The van der Waals surface area contributed by atoms with E-state index in [9.17, 15) is 43.5 Å². The third kappa shape index (κ3) is 11.1. The first kappa shape index (κ1) is 50.3. The van der Waals surface area contributed by atoms with Gasteiger partial charge in [-0.25, -0.2) is 19.2 Å². The van der Waals surface area contributed by atoms with Crippen LogP contribution in [0.15, 0.2) is 110 Å². The summed E-state index contributed by atoms with van der Waals surface area (Å²) in [5.74, 6) is -8.55. The fourth-order valence-corrected chi connectivity index (χ4v) is 8.07. The summed E-state index contributed by atoms with van der Waals surface area (Å²) in [5.41, 5.74) is 2.11. The van der Waals surface area contributed by atoms with Gasteiger partial charge in [-0.05, 0) is 69.3 Å². The molecule has 1 N–H and O–H groups in total. The van der Waals surface area contributed by atoms with Gasteiger partial charge in [-0.2, -0.15) is 0 Å². The van der Waals surface area contributed by atoms with Crippen molar-refractivity contribution in [1.82, 2.24) is 4.90 Å². The Kier molecular flexibility index (Phi) is 15.7. The predicted octanol–water partition coefficient (Wildman–Crippen LogP) is 4.87. The molecule has 4 aromatic carbocycles. The lowest BCUT2D eigenvalue weighted by Crippen LogP contribution is -2.70. The average molecular weight is 964 g/mol. The predicted molar refractivity (Wildman–Crippen MR) is 240 cm³/mol. The minimum atomic E-state index is -2.29. The molecule has 4 aromatic rings. The number of rotatable bonds is 16. The van der Waals surface area contributed by atoms with Crippen LogP contribution in [0.2, 0.25) is 0 Å². The Labute approximate surface area is 401 Å². The highest BCUT2D eigenvalue weighted by Gasteiger charge is 2.61. The van der Waals surface area contributed by atoms with Gasteiger partial charge in [-0.15, -0.1) is 6.58 Å². The second-order valence-corrected chi connectivity index (χ2v) is 16.6. The van der Waals surface area contributed by atoms with Crippen molar-refractivity contribution in [1.29, 1.82) is 0 Å². The topological polar surface area (TPSA) is 243 Å². The molecule has 19 nitrogen and oxygen atoms in total. The van der Waals surface area contributed by atoms with Crippen molar-refractivity contribution in [3.05, 3.63) is 154 Å². The number of carboxylic acids is 1. The number of hydrogen-bond donors (Lipinski definition) is 1. The molecule has 7 rings (SSSR count). The van der Waals surface area contributed by atoms with Gasteiger partial charge in [0.15, 0.2) is 43.1 Å². The summed E-state index contributed by atoms with van der Waals surface area (Å²) in [6.07, 6.45) is -16.4. The summed E-state index contributed by atoms with van der Waals surface area (Å²) in [4.78, 5) is 111. The Morgan fingerprint density at radius 3 is 1.51 bits per heavy atom. The third-order valence-electron chi connectivity index (χ3n) is 11.5. The Morgan fingerprint density at radius 2 is 1.07 bits per heavy atom. The smallest absolute Gasteiger partial charge is 0.338 e. The number of fused-ring (bicyclic) bond motifs is 1. The molecule has 0 aromatic heterocycles. The van der Waals surface area contributed by atoms with Crippen LogP contribution in [0.1, 0.15) is 82.3 Å². The molecule has 3 aliphatic heterocycles. The van der Waals surface area contributed by atoms with E-state index in [-0.39, 0.29) is 34.4 Å². The molecular weight excluding hydrogens is 915 g/mol. The van der Waals surface area contributed by atoms with E-state index in [2.05, 4.69) is 6.58 Å². The minimum Gasteiger partial charge on any atom is -0.479 e. The zero-order valence-electron chi connectivity index (χ0n) is 38.5. The SMILES string of the molecule is C=CCO[C@@H]1O[C@H](COC(C)=O)[C@H](OC(C)=O)[C@H](O[C@@H]2O[C@H](C(=O)O)[C@@H](OC(=O)c3ccc(C)cc3)[C@H](OC(=O)c3ccc(C)cc3)[C@H]2OC(=O)c2ccc(C)cc2)[C@H]1N1C(=O)c2ccccc2C1=O. The number of ether oxygens (including phenoxy) is 9. The van der Waals surface area contributed by atoms with E-state index >= 15 is 0 Å². The number of esters is 5. The first-order valence-electron chi connectivity index (χ1n) is 22.0. The van der Waals surface area contributed by atoms with Gasteiger partial charge in [-0.1, -0.05) is 71.3 Å². The molecule has 2 saturated heterocycles. The molecule has 0 unspecified atom stereocenters. The highest BCUT2D eigenvalue weighted by molar-refractivity contribution is 6.21. The van der Waals surface area contributed by atoms with Crippen molar-refractivity contribution in [2.75, 3.05) is 13.2 Å². The highest BCUT2D eigenvalue weighted by atomic mass is 16.8. The van der Waals surface area contributed by atoms with Gasteiger partial charge in [0.1, 0.15) is 24.9 Å². The van der Waals surface area contributed by atoms with Crippen molar-refractivity contribution >= 4 is 47.6 Å². The molecule has 2 amide bonds. The molecule has 0 saturated carbocycles. The van der Waals surface area contributed by atoms with Gasteiger partial charge in [0.05, 0.1) is 34.4 Å². The molecule has 10 atom stereocenters.